The number of hydrogen-bond acceptors (Lipinski definition) is 8. The van der Waals surface area contributed by atoms with Crippen molar-refractivity contribution in [1.82, 2.24) is 0 Å². The average molecular weight is 368 g/mol. The predicted octanol–water partition coefficient (Wildman–Crippen LogP) is -1.22. The first-order valence-electron chi connectivity index (χ1n) is 6.14. The molecule has 12 heteroatoms. The van der Waals surface area contributed by atoms with Gasteiger partial charge in [0.1, 0.15) is 5.75 Å². The molecule has 0 aliphatic heterocycles. The molecule has 0 saturated heterocycles. The molecule has 0 fully saturated rings. The molecule has 10 nitrogen and oxygen atoms in total. The number of hydrogen-bond donors (Lipinski definition) is 3. The molecule has 0 aliphatic carbocycles. The number of amides is 1. The lowest BCUT2D eigenvalue weighted by atomic mass is 10.2. The van der Waals surface area contributed by atoms with E-state index in [1.54, 1.807) is 0 Å². The lowest BCUT2D eigenvalue weighted by molar-refractivity contribution is -0.107. The zero-order valence-electron chi connectivity index (χ0n) is 11.8. The Kier molecular flexibility index (Phi) is 6.47. The normalized spacial score (nSPS) is 13.5. The van der Waals surface area contributed by atoms with Crippen molar-refractivity contribution in [3.63, 3.8) is 0 Å². The van der Waals surface area contributed by atoms with Crippen LogP contribution in [0.2, 0.25) is 0 Å². The fourth-order valence-corrected chi connectivity index (χ4v) is 3.19. The van der Waals surface area contributed by atoms with Gasteiger partial charge in [0.2, 0.25) is 6.41 Å². The Labute approximate surface area is 133 Å². The van der Waals surface area contributed by atoms with E-state index in [2.05, 4.69) is 4.18 Å². The number of nitrogen functional groups attached to an aromatic ring is 1. The number of benzene rings is 1. The highest BCUT2D eigenvalue weighted by atomic mass is 32.3. The molecule has 0 spiro atoms. The smallest absolute Gasteiger partial charge is 0.399 e. The van der Waals surface area contributed by atoms with E-state index in [4.69, 9.17) is 15.4 Å². The SMILES string of the molecule is Nc1ccc(N(C=O)CCS(=O)(=O)CC(O)OS(=O)(=O)O)cc1. The van der Waals surface area contributed by atoms with Gasteiger partial charge in [-0.3, -0.25) is 9.35 Å². The summed E-state index contributed by atoms with van der Waals surface area (Å²) in [4.78, 5) is 12.1. The molecule has 130 valence electrons. The summed E-state index contributed by atoms with van der Waals surface area (Å²) in [6.07, 6.45) is -1.82. The van der Waals surface area contributed by atoms with Gasteiger partial charge < -0.3 is 15.7 Å². The molecule has 1 rings (SSSR count). The van der Waals surface area contributed by atoms with Crippen molar-refractivity contribution in [3.05, 3.63) is 24.3 Å². The highest BCUT2D eigenvalue weighted by molar-refractivity contribution is 7.91. The van der Waals surface area contributed by atoms with E-state index < -0.39 is 38.0 Å². The van der Waals surface area contributed by atoms with Crippen LogP contribution in [0.1, 0.15) is 0 Å². The Hall–Kier alpha value is -1.73. The van der Waals surface area contributed by atoms with Gasteiger partial charge in [0.25, 0.3) is 0 Å². The molecule has 0 radical (unpaired) electrons. The number of aliphatic hydroxyl groups is 1. The third-order valence-corrected chi connectivity index (χ3v) is 4.69. The number of nitrogens with two attached hydrogens (primary N) is 1. The summed E-state index contributed by atoms with van der Waals surface area (Å²) in [6.45, 7) is -0.228. The first-order chi connectivity index (χ1) is 10.5. The van der Waals surface area contributed by atoms with Crippen molar-refractivity contribution >= 4 is 38.0 Å². The zero-order valence-corrected chi connectivity index (χ0v) is 13.4. The highest BCUT2D eigenvalue weighted by Crippen LogP contribution is 2.15. The van der Waals surface area contributed by atoms with Crippen molar-refractivity contribution < 1.29 is 35.5 Å². The summed E-state index contributed by atoms with van der Waals surface area (Å²) in [5.41, 5.74) is 6.39. The van der Waals surface area contributed by atoms with Gasteiger partial charge >= 0.3 is 10.4 Å². The maximum atomic E-state index is 11.8. The van der Waals surface area contributed by atoms with Gasteiger partial charge in [-0.15, -0.1) is 0 Å². The second-order valence-corrected chi connectivity index (χ2v) is 7.76. The molecule has 1 amide bonds. The average Bonchev–Trinajstić information content (AvgIpc) is 2.38. The molecule has 0 bridgehead atoms. The van der Waals surface area contributed by atoms with E-state index in [-0.39, 0.29) is 6.54 Å². The van der Waals surface area contributed by atoms with E-state index in [9.17, 15) is 21.6 Å². The van der Waals surface area contributed by atoms with Crippen molar-refractivity contribution in [2.24, 2.45) is 0 Å². The molecule has 4 N–H and O–H groups in total. The molecular formula is C11H16N2O8S2. The first-order valence-corrected chi connectivity index (χ1v) is 9.33. The molecule has 1 atom stereocenters. The zero-order chi connectivity index (χ0) is 17.7. The number of rotatable bonds is 9. The summed E-state index contributed by atoms with van der Waals surface area (Å²) in [5, 5.41) is 9.15. The summed E-state index contributed by atoms with van der Waals surface area (Å²) in [5.74, 6) is -1.61. The quantitative estimate of drug-likeness (QED) is 0.210. The fourth-order valence-electron chi connectivity index (χ4n) is 1.61. The van der Waals surface area contributed by atoms with Gasteiger partial charge in [-0.2, -0.15) is 8.42 Å². The van der Waals surface area contributed by atoms with Crippen LogP contribution in [0.5, 0.6) is 0 Å². The highest BCUT2D eigenvalue weighted by Gasteiger charge is 2.23. The topological polar surface area (TPSA) is 164 Å². The standard InChI is InChI=1S/C11H16N2O8S2/c12-9-1-3-10(4-2-9)13(8-14)5-6-22(16,17)7-11(15)21-23(18,19)20/h1-4,8,11,15H,5-7,12H2,(H,18,19,20). The van der Waals surface area contributed by atoms with Crippen LogP contribution in [-0.2, 0) is 29.2 Å². The van der Waals surface area contributed by atoms with Crippen molar-refractivity contribution in [1.29, 1.82) is 0 Å². The Morgan fingerprint density at radius 1 is 1.22 bits per heavy atom. The maximum Gasteiger partial charge on any atom is 0.399 e. The van der Waals surface area contributed by atoms with Crippen LogP contribution in [0.25, 0.3) is 0 Å². The number of sulfone groups is 1. The van der Waals surface area contributed by atoms with Gasteiger partial charge in [-0.05, 0) is 24.3 Å². The lowest BCUT2D eigenvalue weighted by Gasteiger charge is -2.18. The number of nitrogens with zero attached hydrogens (tertiary/aromatic N) is 1. The van der Waals surface area contributed by atoms with Crippen LogP contribution < -0.4 is 10.6 Å². The van der Waals surface area contributed by atoms with E-state index >= 15 is 0 Å². The van der Waals surface area contributed by atoms with E-state index in [0.29, 0.717) is 17.8 Å². The number of aliphatic hydroxyl groups excluding tert-OH is 1. The Bertz CT molecular complexity index is 730. The number of carbonyl (C=O) groups is 1. The van der Waals surface area contributed by atoms with Crippen LogP contribution in [0, 0.1) is 0 Å². The van der Waals surface area contributed by atoms with Crippen molar-refractivity contribution in [3.8, 4) is 0 Å². The van der Waals surface area contributed by atoms with Crippen LogP contribution in [-0.4, -0.2) is 57.2 Å². The largest absolute Gasteiger partial charge is 0.399 e. The molecule has 0 heterocycles. The van der Waals surface area contributed by atoms with E-state index in [0.717, 1.165) is 4.90 Å². The summed E-state index contributed by atoms with van der Waals surface area (Å²) < 4.78 is 56.3. The Morgan fingerprint density at radius 2 is 1.78 bits per heavy atom. The number of anilines is 2. The molecule has 23 heavy (non-hydrogen) atoms. The summed E-state index contributed by atoms with van der Waals surface area (Å²) in [6, 6.07) is 6.10. The molecule has 0 aromatic heterocycles. The van der Waals surface area contributed by atoms with Crippen molar-refractivity contribution in [2.75, 3.05) is 28.7 Å². The van der Waals surface area contributed by atoms with Crippen molar-refractivity contribution in [2.45, 2.75) is 6.29 Å². The summed E-state index contributed by atoms with van der Waals surface area (Å²) >= 11 is 0. The van der Waals surface area contributed by atoms with Crippen LogP contribution >= 0.6 is 0 Å². The van der Waals surface area contributed by atoms with E-state index in [1.165, 1.54) is 24.3 Å². The van der Waals surface area contributed by atoms with Crippen LogP contribution in [0.3, 0.4) is 0 Å². The molecule has 0 saturated carbocycles. The lowest BCUT2D eigenvalue weighted by Crippen LogP contribution is -2.33. The van der Waals surface area contributed by atoms with Gasteiger partial charge in [-0.25, -0.2) is 12.6 Å². The monoisotopic (exact) mass is 368 g/mol. The predicted molar refractivity (Wildman–Crippen MR) is 81.6 cm³/mol. The first kappa shape index (κ1) is 19.3. The van der Waals surface area contributed by atoms with E-state index in [1.807, 2.05) is 0 Å². The molecule has 1 unspecified atom stereocenters. The minimum Gasteiger partial charge on any atom is -0.399 e. The third kappa shape index (κ3) is 7.38. The number of carbonyl (C=O) groups excluding carboxylic acids is 1. The third-order valence-electron chi connectivity index (χ3n) is 2.62. The Balaban J connectivity index is 2.66. The van der Waals surface area contributed by atoms with Gasteiger partial charge in [0.05, 0.1) is 5.75 Å². The van der Waals surface area contributed by atoms with Gasteiger partial charge in [0, 0.05) is 17.9 Å². The maximum absolute atomic E-state index is 11.8. The van der Waals surface area contributed by atoms with Crippen LogP contribution in [0.15, 0.2) is 24.3 Å². The van der Waals surface area contributed by atoms with Gasteiger partial charge in [-0.1, -0.05) is 0 Å². The minimum absolute atomic E-state index is 0.228. The molecule has 1 aromatic rings. The fraction of sp³-hybridized carbons (Fsp3) is 0.364. The summed E-state index contributed by atoms with van der Waals surface area (Å²) in [7, 11) is -8.92. The second-order valence-electron chi connectivity index (χ2n) is 4.48. The minimum atomic E-state index is -4.97. The molecular weight excluding hydrogens is 352 g/mol. The molecule has 1 aromatic carbocycles. The Morgan fingerprint density at radius 3 is 2.26 bits per heavy atom. The second kappa shape index (κ2) is 7.70. The van der Waals surface area contributed by atoms with Gasteiger partial charge in [0.15, 0.2) is 16.1 Å². The van der Waals surface area contributed by atoms with Crippen LogP contribution in [0.4, 0.5) is 11.4 Å². The molecule has 0 aliphatic rings.